The van der Waals surface area contributed by atoms with Gasteiger partial charge in [-0.3, -0.25) is 0 Å². The van der Waals surface area contributed by atoms with Crippen molar-refractivity contribution in [3.05, 3.63) is 0 Å². The Morgan fingerprint density at radius 2 is 1.50 bits per heavy atom. The second-order valence-electron chi connectivity index (χ2n) is 4.78. The fraction of sp³-hybridized carbons (Fsp3) is 1.00. The molecule has 0 aromatic heterocycles. The molecule has 0 radical (unpaired) electrons. The topological polar surface area (TPSA) is 64.1 Å². The number of aliphatic hydroxyl groups is 1. The molecular formula is C13H31N3O3S. The van der Waals surface area contributed by atoms with Gasteiger partial charge in [0.05, 0.1) is 0 Å². The summed E-state index contributed by atoms with van der Waals surface area (Å²) in [6.45, 7) is 10.4. The van der Waals surface area contributed by atoms with Gasteiger partial charge in [-0.25, -0.2) is 0 Å². The van der Waals surface area contributed by atoms with E-state index in [0.717, 1.165) is 26.1 Å². The van der Waals surface area contributed by atoms with Crippen molar-refractivity contribution in [1.29, 1.82) is 0 Å². The zero-order chi connectivity index (χ0) is 15.6. The van der Waals surface area contributed by atoms with E-state index in [0.29, 0.717) is 26.1 Å². The molecule has 0 aromatic rings. The molecule has 0 amide bonds. The monoisotopic (exact) mass is 309 g/mol. The zero-order valence-corrected chi connectivity index (χ0v) is 14.2. The largest absolute Gasteiger partial charge is 0.396 e. The Morgan fingerprint density at radius 3 is 1.95 bits per heavy atom. The van der Waals surface area contributed by atoms with Gasteiger partial charge in [-0.05, 0) is 32.5 Å². The minimum absolute atomic E-state index is 0.00788. The average Bonchev–Trinajstić information content (AvgIpc) is 2.44. The van der Waals surface area contributed by atoms with Crippen LogP contribution in [0.4, 0.5) is 0 Å². The molecule has 7 heteroatoms. The van der Waals surface area contributed by atoms with Crippen LogP contribution in [-0.4, -0.2) is 80.0 Å². The second-order valence-corrected chi connectivity index (χ2v) is 6.81. The number of aliphatic hydroxyl groups excluding tert-OH is 1. The van der Waals surface area contributed by atoms with Crippen LogP contribution in [0.2, 0.25) is 0 Å². The van der Waals surface area contributed by atoms with Crippen LogP contribution in [0, 0.1) is 0 Å². The Kier molecular flexibility index (Phi) is 10.4. The van der Waals surface area contributed by atoms with Gasteiger partial charge in [-0.1, -0.05) is 20.8 Å². The normalized spacial score (nSPS) is 12.8. The Balaban J connectivity index is 4.42. The van der Waals surface area contributed by atoms with Crippen molar-refractivity contribution in [3.8, 4) is 0 Å². The van der Waals surface area contributed by atoms with Gasteiger partial charge < -0.3 is 10.0 Å². The lowest BCUT2D eigenvalue weighted by Gasteiger charge is -2.27. The molecule has 0 aliphatic carbocycles. The van der Waals surface area contributed by atoms with E-state index in [1.165, 1.54) is 8.61 Å². The summed E-state index contributed by atoms with van der Waals surface area (Å²) >= 11 is 0. The summed E-state index contributed by atoms with van der Waals surface area (Å²) in [5.41, 5.74) is 0. The lowest BCUT2D eigenvalue weighted by molar-refractivity contribution is 0.266. The standard InChI is InChI=1S/C13H31N3O3S/c1-5-15(6-2)11-8-12-16(7-3)20(18,19)14(4)10-9-13-17/h17H,5-13H2,1-4H3. The molecular weight excluding hydrogens is 278 g/mol. The molecule has 122 valence electrons. The fourth-order valence-electron chi connectivity index (χ4n) is 2.05. The first-order valence-electron chi connectivity index (χ1n) is 7.48. The Morgan fingerprint density at radius 1 is 0.900 bits per heavy atom. The SMILES string of the molecule is CCN(CC)CCCN(CC)S(=O)(=O)N(C)CCCO. The van der Waals surface area contributed by atoms with Gasteiger partial charge in [0, 0.05) is 33.3 Å². The summed E-state index contributed by atoms with van der Waals surface area (Å²) in [4.78, 5) is 2.29. The van der Waals surface area contributed by atoms with Gasteiger partial charge in [0.2, 0.25) is 0 Å². The Labute approximate surface area is 124 Å². The number of nitrogens with zero attached hydrogens (tertiary/aromatic N) is 3. The van der Waals surface area contributed by atoms with Gasteiger partial charge >= 0.3 is 0 Å². The molecule has 0 spiro atoms. The van der Waals surface area contributed by atoms with Crippen molar-refractivity contribution >= 4 is 10.2 Å². The molecule has 1 N–H and O–H groups in total. The summed E-state index contributed by atoms with van der Waals surface area (Å²) in [6, 6.07) is 0. The van der Waals surface area contributed by atoms with Crippen LogP contribution in [0.3, 0.4) is 0 Å². The summed E-state index contributed by atoms with van der Waals surface area (Å²) in [5, 5.41) is 8.79. The molecule has 0 unspecified atom stereocenters. The van der Waals surface area contributed by atoms with Gasteiger partial charge in [0.15, 0.2) is 0 Å². The van der Waals surface area contributed by atoms with Crippen molar-refractivity contribution in [2.24, 2.45) is 0 Å². The van der Waals surface area contributed by atoms with Crippen molar-refractivity contribution in [3.63, 3.8) is 0 Å². The molecule has 0 fully saturated rings. The van der Waals surface area contributed by atoms with Crippen molar-refractivity contribution < 1.29 is 13.5 Å². The maximum absolute atomic E-state index is 12.3. The molecule has 0 atom stereocenters. The first-order valence-corrected chi connectivity index (χ1v) is 8.88. The smallest absolute Gasteiger partial charge is 0.281 e. The third-order valence-corrected chi connectivity index (χ3v) is 5.54. The predicted octanol–water partition coefficient (Wildman–Crippen LogP) is 0.599. The van der Waals surface area contributed by atoms with E-state index in [1.807, 2.05) is 6.92 Å². The molecule has 0 heterocycles. The van der Waals surface area contributed by atoms with Crippen LogP contribution in [0.5, 0.6) is 0 Å². The van der Waals surface area contributed by atoms with Crippen LogP contribution in [-0.2, 0) is 10.2 Å². The van der Waals surface area contributed by atoms with Gasteiger partial charge in [-0.2, -0.15) is 17.0 Å². The van der Waals surface area contributed by atoms with Gasteiger partial charge in [0.1, 0.15) is 0 Å². The number of rotatable bonds is 12. The molecule has 0 saturated carbocycles. The minimum atomic E-state index is -3.40. The average molecular weight is 309 g/mol. The van der Waals surface area contributed by atoms with E-state index in [1.54, 1.807) is 7.05 Å². The highest BCUT2D eigenvalue weighted by Gasteiger charge is 2.24. The Bertz CT molecular complexity index is 332. The van der Waals surface area contributed by atoms with E-state index in [4.69, 9.17) is 5.11 Å². The van der Waals surface area contributed by atoms with Crippen LogP contribution < -0.4 is 0 Å². The summed E-state index contributed by atoms with van der Waals surface area (Å²) < 4.78 is 27.5. The van der Waals surface area contributed by atoms with Crippen molar-refractivity contribution in [1.82, 2.24) is 13.5 Å². The molecule has 6 nitrogen and oxygen atoms in total. The summed E-state index contributed by atoms with van der Waals surface area (Å²) in [7, 11) is -1.83. The molecule has 0 bridgehead atoms. The second kappa shape index (κ2) is 10.5. The van der Waals surface area contributed by atoms with Gasteiger partial charge in [0.25, 0.3) is 10.2 Å². The molecule has 0 rings (SSSR count). The van der Waals surface area contributed by atoms with E-state index >= 15 is 0 Å². The third-order valence-electron chi connectivity index (χ3n) is 3.48. The maximum Gasteiger partial charge on any atom is 0.281 e. The molecule has 0 aromatic carbocycles. The summed E-state index contributed by atoms with van der Waals surface area (Å²) in [5.74, 6) is 0. The number of hydrogen-bond acceptors (Lipinski definition) is 4. The molecule has 0 saturated heterocycles. The highest BCUT2D eigenvalue weighted by atomic mass is 32.2. The highest BCUT2D eigenvalue weighted by molar-refractivity contribution is 7.86. The first kappa shape index (κ1) is 19.8. The van der Waals surface area contributed by atoms with Crippen molar-refractivity contribution in [2.45, 2.75) is 33.6 Å². The quantitative estimate of drug-likeness (QED) is 0.573. The van der Waals surface area contributed by atoms with Crippen molar-refractivity contribution in [2.75, 3.05) is 52.9 Å². The van der Waals surface area contributed by atoms with E-state index < -0.39 is 10.2 Å². The summed E-state index contributed by atoms with van der Waals surface area (Å²) in [6.07, 6.45) is 1.30. The van der Waals surface area contributed by atoms with Gasteiger partial charge in [-0.15, -0.1) is 0 Å². The lowest BCUT2D eigenvalue weighted by Crippen LogP contribution is -2.43. The fourth-order valence-corrected chi connectivity index (χ4v) is 3.49. The molecule has 20 heavy (non-hydrogen) atoms. The van der Waals surface area contributed by atoms with E-state index in [2.05, 4.69) is 18.7 Å². The van der Waals surface area contributed by atoms with Crippen LogP contribution in [0.1, 0.15) is 33.6 Å². The van der Waals surface area contributed by atoms with E-state index in [-0.39, 0.29) is 6.61 Å². The van der Waals surface area contributed by atoms with Crippen LogP contribution in [0.15, 0.2) is 0 Å². The minimum Gasteiger partial charge on any atom is -0.396 e. The number of hydrogen-bond donors (Lipinski definition) is 1. The highest BCUT2D eigenvalue weighted by Crippen LogP contribution is 2.08. The Hall–Kier alpha value is -0.210. The molecule has 0 aliphatic heterocycles. The van der Waals surface area contributed by atoms with Crippen LogP contribution in [0.25, 0.3) is 0 Å². The zero-order valence-electron chi connectivity index (χ0n) is 13.4. The predicted molar refractivity (Wildman–Crippen MR) is 82.9 cm³/mol. The maximum atomic E-state index is 12.3. The van der Waals surface area contributed by atoms with E-state index in [9.17, 15) is 8.42 Å². The lowest BCUT2D eigenvalue weighted by atomic mass is 10.3. The third kappa shape index (κ3) is 6.49. The first-order chi connectivity index (χ1) is 9.43. The molecule has 0 aliphatic rings. The van der Waals surface area contributed by atoms with Crippen LogP contribution >= 0.6 is 0 Å².